The Balaban J connectivity index is 2.12. The first-order valence-corrected chi connectivity index (χ1v) is 10.2. The molecule has 0 bridgehead atoms. The van der Waals surface area contributed by atoms with Gasteiger partial charge in [0.05, 0.1) is 9.85 Å². The van der Waals surface area contributed by atoms with Crippen LogP contribution in [0.15, 0.2) is 30.6 Å². The molecule has 0 saturated carbocycles. The highest BCUT2D eigenvalue weighted by atomic mass is 35.5. The maximum absolute atomic E-state index is 11.5. The van der Waals surface area contributed by atoms with E-state index in [2.05, 4.69) is 10.2 Å². The average Bonchev–Trinajstić information content (AvgIpc) is 3.14. The molecular weight excluding hydrogens is 473 g/mol. The zero-order chi connectivity index (χ0) is 24.4. The number of hydrogen-bond donors (Lipinski definition) is 0. The van der Waals surface area contributed by atoms with Crippen molar-refractivity contribution in [2.75, 3.05) is 4.90 Å². The van der Waals surface area contributed by atoms with Crippen LogP contribution in [0.5, 0.6) is 0 Å². The van der Waals surface area contributed by atoms with Crippen LogP contribution in [0.1, 0.15) is 22.8 Å². The minimum absolute atomic E-state index is 0.125. The van der Waals surface area contributed by atoms with E-state index in [1.54, 1.807) is 63.4 Å². The first-order chi connectivity index (χ1) is 15.5. The molecule has 0 aliphatic carbocycles. The van der Waals surface area contributed by atoms with Crippen molar-refractivity contribution in [3.8, 4) is 0 Å². The molecule has 1 aromatic carbocycles. The van der Waals surface area contributed by atoms with Gasteiger partial charge in [0.15, 0.2) is 0 Å². The molecule has 0 saturated heterocycles. The fourth-order valence-corrected chi connectivity index (χ4v) is 3.88. The molecule has 13 heteroatoms. The highest BCUT2D eigenvalue weighted by molar-refractivity contribution is 6.35. The fraction of sp³-hybridized carbons (Fsp3) is 0.200. The largest absolute Gasteiger partial charge is 0.324 e. The number of aryl methyl sites for hydroxylation is 4. The van der Waals surface area contributed by atoms with Crippen LogP contribution in [0.25, 0.3) is 12.2 Å². The van der Waals surface area contributed by atoms with Crippen molar-refractivity contribution in [3.05, 3.63) is 83.6 Å². The Morgan fingerprint density at radius 1 is 0.848 bits per heavy atom. The third kappa shape index (κ3) is 5.04. The lowest BCUT2D eigenvalue weighted by molar-refractivity contribution is -0.385. The van der Waals surface area contributed by atoms with E-state index >= 15 is 0 Å². The average molecular weight is 492 g/mol. The summed E-state index contributed by atoms with van der Waals surface area (Å²) >= 11 is 12.3. The lowest BCUT2D eigenvalue weighted by atomic mass is 10.2. The first kappa shape index (κ1) is 24.0. The Bertz CT molecular complexity index is 1220. The molecule has 33 heavy (non-hydrogen) atoms. The van der Waals surface area contributed by atoms with Gasteiger partial charge in [0.2, 0.25) is 0 Å². The number of benzene rings is 1. The molecule has 2 aromatic heterocycles. The summed E-state index contributed by atoms with van der Waals surface area (Å²) in [5.74, 6) is 0. The van der Waals surface area contributed by atoms with Gasteiger partial charge in [-0.1, -0.05) is 23.2 Å². The Kier molecular flexibility index (Phi) is 6.84. The standard InChI is InChI=1S/C20H19Cl2N7O4/c1-12-19(28(30)31)17(25(3)23-12)5-7-27(16-10-14(21)9-15(22)11-16)8-6-18-20(29(32)33)13(2)24-26(18)4/h5-11H,1-4H3/b7-5+,8-6+. The van der Waals surface area contributed by atoms with Crippen molar-refractivity contribution >= 4 is 52.4 Å². The molecule has 0 aliphatic heterocycles. The summed E-state index contributed by atoms with van der Waals surface area (Å²) in [6, 6.07) is 4.82. The van der Waals surface area contributed by atoms with Crippen LogP contribution in [-0.2, 0) is 14.1 Å². The summed E-state index contributed by atoms with van der Waals surface area (Å²) in [6.07, 6.45) is 6.13. The van der Waals surface area contributed by atoms with Gasteiger partial charge in [0.1, 0.15) is 22.8 Å². The van der Waals surface area contributed by atoms with Gasteiger partial charge in [-0.05, 0) is 44.2 Å². The second-order valence-corrected chi connectivity index (χ2v) is 7.94. The lowest BCUT2D eigenvalue weighted by Crippen LogP contribution is -2.08. The molecule has 0 aliphatic rings. The predicted octanol–water partition coefficient (Wildman–Crippen LogP) is 5.04. The van der Waals surface area contributed by atoms with Gasteiger partial charge in [-0.25, -0.2) is 0 Å². The van der Waals surface area contributed by atoms with Crippen molar-refractivity contribution < 1.29 is 9.85 Å². The topological polar surface area (TPSA) is 125 Å². The monoisotopic (exact) mass is 491 g/mol. The van der Waals surface area contributed by atoms with Crippen LogP contribution in [-0.4, -0.2) is 29.4 Å². The molecule has 0 amide bonds. The normalized spacial score (nSPS) is 11.6. The molecule has 0 unspecified atom stereocenters. The van der Waals surface area contributed by atoms with Gasteiger partial charge in [0, 0.05) is 42.2 Å². The van der Waals surface area contributed by atoms with E-state index in [-0.39, 0.29) is 34.2 Å². The van der Waals surface area contributed by atoms with Gasteiger partial charge in [-0.15, -0.1) is 0 Å². The van der Waals surface area contributed by atoms with Gasteiger partial charge in [-0.2, -0.15) is 10.2 Å². The van der Waals surface area contributed by atoms with E-state index in [0.717, 1.165) is 0 Å². The molecular formula is C20H19Cl2N7O4. The quantitative estimate of drug-likeness (QED) is 0.334. The number of hydrogen-bond acceptors (Lipinski definition) is 7. The molecule has 0 spiro atoms. The summed E-state index contributed by atoms with van der Waals surface area (Å²) in [6.45, 7) is 3.10. The van der Waals surface area contributed by atoms with Crippen LogP contribution in [0, 0.1) is 34.1 Å². The number of nitro groups is 2. The number of anilines is 1. The van der Waals surface area contributed by atoms with Gasteiger partial charge < -0.3 is 4.90 Å². The summed E-state index contributed by atoms with van der Waals surface area (Å²) in [7, 11) is 3.19. The molecule has 0 N–H and O–H groups in total. The second-order valence-electron chi connectivity index (χ2n) is 7.07. The maximum atomic E-state index is 11.5. The summed E-state index contributed by atoms with van der Waals surface area (Å²) in [5.41, 5.74) is 1.37. The van der Waals surface area contributed by atoms with Crippen molar-refractivity contribution in [1.29, 1.82) is 0 Å². The Labute approximate surface area is 198 Å². The molecule has 0 fully saturated rings. The maximum Gasteiger partial charge on any atom is 0.317 e. The third-order valence-corrected chi connectivity index (χ3v) is 5.20. The first-order valence-electron chi connectivity index (χ1n) is 9.46. The smallest absolute Gasteiger partial charge is 0.317 e. The Hall–Kier alpha value is -3.70. The molecule has 11 nitrogen and oxygen atoms in total. The van der Waals surface area contributed by atoms with E-state index in [1.165, 1.54) is 21.5 Å². The molecule has 3 rings (SSSR count). The highest BCUT2D eigenvalue weighted by Gasteiger charge is 2.23. The van der Waals surface area contributed by atoms with Crippen LogP contribution < -0.4 is 4.90 Å². The van der Waals surface area contributed by atoms with Crippen LogP contribution in [0.4, 0.5) is 17.1 Å². The van der Waals surface area contributed by atoms with E-state index in [9.17, 15) is 20.2 Å². The van der Waals surface area contributed by atoms with Crippen LogP contribution in [0.3, 0.4) is 0 Å². The van der Waals surface area contributed by atoms with Crippen molar-refractivity contribution in [1.82, 2.24) is 19.6 Å². The van der Waals surface area contributed by atoms with Crippen molar-refractivity contribution in [2.45, 2.75) is 13.8 Å². The van der Waals surface area contributed by atoms with Gasteiger partial charge in [0.25, 0.3) is 0 Å². The second kappa shape index (κ2) is 9.43. The molecule has 3 aromatic rings. The Morgan fingerprint density at radius 3 is 1.61 bits per heavy atom. The van der Waals surface area contributed by atoms with E-state index < -0.39 is 9.85 Å². The van der Waals surface area contributed by atoms with E-state index in [0.29, 0.717) is 15.7 Å². The van der Waals surface area contributed by atoms with Crippen molar-refractivity contribution in [2.24, 2.45) is 14.1 Å². The number of aromatic nitrogens is 4. The van der Waals surface area contributed by atoms with Crippen molar-refractivity contribution in [3.63, 3.8) is 0 Å². The number of nitrogens with zero attached hydrogens (tertiary/aromatic N) is 7. The summed E-state index contributed by atoms with van der Waals surface area (Å²) in [5, 5.41) is 31.9. The predicted molar refractivity (Wildman–Crippen MR) is 126 cm³/mol. The molecule has 172 valence electrons. The van der Waals surface area contributed by atoms with E-state index in [1.807, 2.05) is 0 Å². The fourth-order valence-electron chi connectivity index (χ4n) is 3.37. The minimum atomic E-state index is -0.500. The molecule has 2 heterocycles. The van der Waals surface area contributed by atoms with Crippen LogP contribution in [0.2, 0.25) is 10.0 Å². The minimum Gasteiger partial charge on any atom is -0.324 e. The zero-order valence-electron chi connectivity index (χ0n) is 18.1. The van der Waals surface area contributed by atoms with E-state index in [4.69, 9.17) is 23.2 Å². The third-order valence-electron chi connectivity index (χ3n) is 4.76. The number of rotatable bonds is 7. The van der Waals surface area contributed by atoms with Gasteiger partial charge in [-0.3, -0.25) is 29.6 Å². The zero-order valence-corrected chi connectivity index (χ0v) is 19.6. The summed E-state index contributed by atoms with van der Waals surface area (Å²) < 4.78 is 2.79. The molecule has 0 radical (unpaired) electrons. The van der Waals surface area contributed by atoms with Gasteiger partial charge >= 0.3 is 11.4 Å². The SMILES string of the molecule is Cc1nn(C)c(/C=C/N(/C=C/c2c([N+](=O)[O-])c(C)nn2C)c2cc(Cl)cc(Cl)c2)c1[N+](=O)[O-]. The van der Waals surface area contributed by atoms with Crippen LogP contribution >= 0.6 is 23.2 Å². The lowest BCUT2D eigenvalue weighted by Gasteiger charge is -2.16. The number of halogens is 2. The summed E-state index contributed by atoms with van der Waals surface area (Å²) in [4.78, 5) is 23.6. The highest BCUT2D eigenvalue weighted by Crippen LogP contribution is 2.29. The Morgan fingerprint density at radius 2 is 1.24 bits per heavy atom. The molecule has 0 atom stereocenters.